The molecule has 3 aliphatic rings. The highest BCUT2D eigenvalue weighted by Gasteiger charge is 2.37. The van der Waals surface area contributed by atoms with Crippen molar-refractivity contribution in [1.29, 1.82) is 0 Å². The van der Waals surface area contributed by atoms with Crippen LogP contribution in [0.25, 0.3) is 5.70 Å². The average molecular weight is 431 g/mol. The third-order valence-corrected chi connectivity index (χ3v) is 5.07. The number of ether oxygens (including phenoxy) is 1. The molecule has 0 spiro atoms. The Labute approximate surface area is 172 Å². The van der Waals surface area contributed by atoms with Crippen molar-refractivity contribution in [2.24, 2.45) is 20.9 Å². The molecule has 0 radical (unpaired) electrons. The van der Waals surface area contributed by atoms with Crippen molar-refractivity contribution in [3.05, 3.63) is 35.9 Å². The van der Waals surface area contributed by atoms with Crippen LogP contribution in [-0.2, 0) is 0 Å². The van der Waals surface area contributed by atoms with Crippen LogP contribution in [0.15, 0.2) is 45.3 Å². The molecule has 3 aliphatic heterocycles. The van der Waals surface area contributed by atoms with Crippen molar-refractivity contribution < 1.29 is 23.4 Å². The van der Waals surface area contributed by atoms with Crippen molar-refractivity contribution in [3.8, 4) is 5.75 Å². The number of nitrogens with zero attached hydrogens (tertiary/aromatic N) is 3. The molecule has 1 aromatic rings. The molecule has 29 heavy (non-hydrogen) atoms. The van der Waals surface area contributed by atoms with E-state index in [2.05, 4.69) is 20.0 Å². The third-order valence-electron chi connectivity index (χ3n) is 5.07. The fourth-order valence-corrected chi connectivity index (χ4v) is 3.61. The van der Waals surface area contributed by atoms with Gasteiger partial charge in [0.25, 0.3) is 0 Å². The molecule has 4 rings (SSSR count). The lowest BCUT2D eigenvalue weighted by molar-refractivity contribution is -0.274. The summed E-state index contributed by atoms with van der Waals surface area (Å²) in [5, 5.41) is 3.35. The Balaban J connectivity index is 0.00000150. The second kappa shape index (κ2) is 8.64. The number of piperidine rings is 1. The van der Waals surface area contributed by atoms with Crippen molar-refractivity contribution in [1.82, 2.24) is 5.32 Å². The molecule has 0 bridgehead atoms. The summed E-state index contributed by atoms with van der Waals surface area (Å²) in [4.78, 5) is 14.0. The van der Waals surface area contributed by atoms with E-state index in [0.717, 1.165) is 31.6 Å². The summed E-state index contributed by atoms with van der Waals surface area (Å²) in [7, 11) is 0. The van der Waals surface area contributed by atoms with E-state index in [-0.39, 0.29) is 23.6 Å². The van der Waals surface area contributed by atoms with Gasteiger partial charge in [0.05, 0.1) is 17.6 Å². The van der Waals surface area contributed by atoms with Gasteiger partial charge in [0.2, 0.25) is 0 Å². The van der Waals surface area contributed by atoms with Gasteiger partial charge in [-0.25, -0.2) is 4.99 Å². The third kappa shape index (κ3) is 5.04. The van der Waals surface area contributed by atoms with Crippen molar-refractivity contribution in [3.63, 3.8) is 0 Å². The summed E-state index contributed by atoms with van der Waals surface area (Å²) in [6, 6.07) is 5.66. The molecule has 0 aliphatic carbocycles. The lowest BCUT2D eigenvalue weighted by Crippen LogP contribution is -2.42. The summed E-state index contributed by atoms with van der Waals surface area (Å²) < 4.78 is 40.7. The first-order chi connectivity index (χ1) is 12.8. The number of benzene rings is 1. The normalized spacial score (nSPS) is 23.8. The zero-order valence-corrected chi connectivity index (χ0v) is 16.5. The fraction of sp³-hybridized carbons (Fsp3) is 0.421. The molecule has 1 atom stereocenters. The van der Waals surface area contributed by atoms with Crippen LogP contribution in [-0.4, -0.2) is 48.2 Å². The van der Waals surface area contributed by atoms with Crippen LogP contribution in [0.5, 0.6) is 5.75 Å². The second-order valence-corrected chi connectivity index (χ2v) is 6.97. The van der Waals surface area contributed by atoms with Crippen LogP contribution in [0.1, 0.15) is 25.3 Å². The minimum absolute atomic E-state index is 0. The van der Waals surface area contributed by atoms with E-state index in [0.29, 0.717) is 22.9 Å². The first-order valence-corrected chi connectivity index (χ1v) is 8.85. The molecule has 0 saturated carbocycles. The van der Waals surface area contributed by atoms with E-state index in [4.69, 9.17) is 4.99 Å². The zero-order chi connectivity index (χ0) is 19.1. The number of aliphatic imine (C=N–C) groups is 3. The van der Waals surface area contributed by atoms with Crippen LogP contribution in [0.2, 0.25) is 0 Å². The number of nitrogens with one attached hydrogen (secondary N) is 1. The maximum atomic E-state index is 12.3. The number of halogens is 4. The summed E-state index contributed by atoms with van der Waals surface area (Å²) in [6.07, 6.45) is 0.963. The van der Waals surface area contributed by atoms with Crippen molar-refractivity contribution in [2.75, 3.05) is 13.1 Å². The minimum atomic E-state index is -4.70. The first-order valence-electron chi connectivity index (χ1n) is 8.85. The largest absolute Gasteiger partial charge is 0.573 e. The Morgan fingerprint density at radius 3 is 2.38 bits per heavy atom. The summed E-state index contributed by atoms with van der Waals surface area (Å²) in [6.45, 7) is 3.97. The van der Waals surface area contributed by atoms with E-state index in [9.17, 15) is 13.2 Å². The fourth-order valence-electron chi connectivity index (χ4n) is 3.61. The first kappa shape index (κ1) is 23.1. The lowest BCUT2D eigenvalue weighted by atomic mass is 9.85. The number of hydrogen-bond acceptors (Lipinski definition) is 5. The second-order valence-electron chi connectivity index (χ2n) is 6.97. The van der Waals surface area contributed by atoms with Gasteiger partial charge in [-0.3, -0.25) is 9.98 Å². The van der Waals surface area contributed by atoms with E-state index < -0.39 is 12.0 Å². The van der Waals surface area contributed by atoms with E-state index >= 15 is 0 Å². The minimum Gasteiger partial charge on any atom is -0.412 e. The maximum absolute atomic E-state index is 12.3. The molecular formula is C19H22ClF3N4O2. The van der Waals surface area contributed by atoms with Crippen LogP contribution < -0.4 is 10.1 Å². The lowest BCUT2D eigenvalue weighted by Gasteiger charge is -2.35. The maximum Gasteiger partial charge on any atom is 0.573 e. The van der Waals surface area contributed by atoms with Crippen LogP contribution in [0.3, 0.4) is 0 Å². The van der Waals surface area contributed by atoms with Gasteiger partial charge in [-0.2, -0.15) is 0 Å². The van der Waals surface area contributed by atoms with Crippen molar-refractivity contribution >= 4 is 35.7 Å². The molecule has 10 heteroatoms. The quantitative estimate of drug-likeness (QED) is 0.797. The Morgan fingerprint density at radius 2 is 1.76 bits per heavy atom. The smallest absolute Gasteiger partial charge is 0.412 e. The van der Waals surface area contributed by atoms with Gasteiger partial charge in [0, 0.05) is 11.5 Å². The predicted molar refractivity (Wildman–Crippen MR) is 109 cm³/mol. The summed E-state index contributed by atoms with van der Waals surface area (Å²) >= 11 is 0. The highest BCUT2D eigenvalue weighted by molar-refractivity contribution is 6.68. The van der Waals surface area contributed by atoms with E-state index in [1.165, 1.54) is 12.1 Å². The van der Waals surface area contributed by atoms with Crippen molar-refractivity contribution in [2.45, 2.75) is 31.8 Å². The van der Waals surface area contributed by atoms with Crippen LogP contribution >= 0.6 is 12.4 Å². The topological polar surface area (TPSA) is 89.8 Å². The molecule has 6 nitrogen and oxygen atoms in total. The number of hydrogen-bond donors (Lipinski definition) is 1. The van der Waals surface area contributed by atoms with Crippen LogP contribution in [0.4, 0.5) is 13.2 Å². The number of allylic oxidation sites excluding steroid dienone is 1. The molecule has 1 unspecified atom stereocenters. The molecular weight excluding hydrogens is 409 g/mol. The summed E-state index contributed by atoms with van der Waals surface area (Å²) in [5.74, 6) is 0.118. The molecule has 1 aromatic carbocycles. The predicted octanol–water partition coefficient (Wildman–Crippen LogP) is 3.22. The van der Waals surface area contributed by atoms with E-state index in [1.54, 1.807) is 18.3 Å². The van der Waals surface area contributed by atoms with Gasteiger partial charge in [-0.1, -0.05) is 0 Å². The highest BCUT2D eigenvalue weighted by atomic mass is 35.5. The zero-order valence-electron chi connectivity index (χ0n) is 15.7. The molecule has 1 saturated heterocycles. The van der Waals surface area contributed by atoms with Gasteiger partial charge in [-0.15, -0.1) is 25.6 Å². The van der Waals surface area contributed by atoms with Gasteiger partial charge in [0.15, 0.2) is 5.66 Å². The van der Waals surface area contributed by atoms with E-state index in [1.807, 2.05) is 13.0 Å². The molecule has 3 heterocycles. The molecule has 0 amide bonds. The summed E-state index contributed by atoms with van der Waals surface area (Å²) in [5.41, 5.74) is 2.32. The number of alkyl halides is 3. The molecule has 158 valence electrons. The highest BCUT2D eigenvalue weighted by Crippen LogP contribution is 2.34. The van der Waals surface area contributed by atoms with Gasteiger partial charge in [0.1, 0.15) is 11.5 Å². The van der Waals surface area contributed by atoms with Gasteiger partial charge < -0.3 is 15.5 Å². The Bertz CT molecular complexity index is 859. The average Bonchev–Trinajstić information content (AvgIpc) is 3.04. The number of fused-ring (bicyclic) bond motifs is 1. The Morgan fingerprint density at radius 1 is 1.10 bits per heavy atom. The van der Waals surface area contributed by atoms with Crippen LogP contribution in [0, 0.1) is 5.92 Å². The van der Waals surface area contributed by atoms with Gasteiger partial charge >= 0.3 is 6.36 Å². The Kier molecular flexibility index (Phi) is 6.87. The molecule has 1 fully saturated rings. The number of rotatable bonds is 3. The molecule has 0 aromatic heterocycles. The van der Waals surface area contributed by atoms with Gasteiger partial charge in [-0.05, 0) is 63.2 Å². The standard InChI is InChI=1S/C19H19F3N4O.ClH.H2O/c1-18(13-6-8-23-9-7-13)24-11-17-16(26-18)10-15(25-17)12-2-4-14(5-3-12)27-19(20,21)22;;/h2-5,10-11,13,23H,6-9H2,1H3;1H;1H2. The SMILES string of the molecule is CC1(C2CCNCC2)N=CC2=NC(c3ccc(OC(F)(F)F)cc3)=CC2=N1.Cl.O. The molecule has 3 N–H and O–H groups in total. The Hall–Kier alpha value is -2.23. The monoisotopic (exact) mass is 430 g/mol.